The minimum absolute atomic E-state index is 0.0387. The molecule has 0 saturated carbocycles. The number of amides is 2. The molecule has 0 aliphatic carbocycles. The molecule has 2 amide bonds. The Morgan fingerprint density at radius 1 is 1.33 bits per heavy atom. The van der Waals surface area contributed by atoms with Gasteiger partial charge in [-0.3, -0.25) is 14.4 Å². The molecule has 2 atom stereocenters. The molecular formula is C14H25N3O4. The second-order valence-corrected chi connectivity index (χ2v) is 5.71. The lowest BCUT2D eigenvalue weighted by atomic mass is 9.86. The van der Waals surface area contributed by atoms with Crippen LogP contribution in [-0.2, 0) is 19.1 Å². The van der Waals surface area contributed by atoms with E-state index in [1.54, 1.807) is 0 Å². The standard InChI is InChI=1S/C14H25N3O4/c1-6-7-21-13(20)9(15)8-10(18)17-11(12(19)16-5)14(2,3)4/h6,9,11H,1,7-8,15H2,2-5H3,(H,16,19)(H,17,18)/t9-,11?/m1/s1. The molecule has 1 unspecified atom stereocenters. The summed E-state index contributed by atoms with van der Waals surface area (Å²) in [6.07, 6.45) is 1.16. The van der Waals surface area contributed by atoms with E-state index in [1.165, 1.54) is 13.1 Å². The maximum Gasteiger partial charge on any atom is 0.323 e. The zero-order valence-corrected chi connectivity index (χ0v) is 13.1. The fourth-order valence-corrected chi connectivity index (χ4v) is 1.57. The normalized spacial score (nSPS) is 13.8. The first kappa shape index (κ1) is 19.1. The largest absolute Gasteiger partial charge is 0.460 e. The highest BCUT2D eigenvalue weighted by molar-refractivity contribution is 5.90. The molecule has 0 aromatic carbocycles. The molecule has 120 valence electrons. The van der Waals surface area contributed by atoms with Crippen molar-refractivity contribution in [2.24, 2.45) is 11.1 Å². The predicted molar refractivity (Wildman–Crippen MR) is 79.2 cm³/mol. The first-order valence-corrected chi connectivity index (χ1v) is 6.67. The number of nitrogens with one attached hydrogen (secondary N) is 2. The smallest absolute Gasteiger partial charge is 0.323 e. The summed E-state index contributed by atoms with van der Waals surface area (Å²) in [4.78, 5) is 35.2. The van der Waals surface area contributed by atoms with Crippen LogP contribution in [0.2, 0.25) is 0 Å². The van der Waals surface area contributed by atoms with Gasteiger partial charge in [-0.15, -0.1) is 0 Å². The first-order valence-electron chi connectivity index (χ1n) is 6.67. The van der Waals surface area contributed by atoms with Crippen molar-refractivity contribution in [3.05, 3.63) is 12.7 Å². The Balaban J connectivity index is 4.61. The van der Waals surface area contributed by atoms with Crippen LogP contribution in [-0.4, -0.2) is 43.5 Å². The number of nitrogens with two attached hydrogens (primary N) is 1. The number of ether oxygens (including phenoxy) is 1. The van der Waals surface area contributed by atoms with Gasteiger partial charge in [0.25, 0.3) is 0 Å². The SMILES string of the molecule is C=CCOC(=O)[C@H](N)CC(=O)NC(C(=O)NC)C(C)(C)C. The van der Waals surface area contributed by atoms with Crippen molar-refractivity contribution in [2.75, 3.05) is 13.7 Å². The van der Waals surface area contributed by atoms with E-state index < -0.39 is 29.4 Å². The lowest BCUT2D eigenvalue weighted by Gasteiger charge is -2.30. The lowest BCUT2D eigenvalue weighted by Crippen LogP contribution is -2.54. The molecular weight excluding hydrogens is 274 g/mol. The fraction of sp³-hybridized carbons (Fsp3) is 0.643. The fourth-order valence-electron chi connectivity index (χ4n) is 1.57. The van der Waals surface area contributed by atoms with Crippen LogP contribution < -0.4 is 16.4 Å². The Morgan fingerprint density at radius 3 is 2.33 bits per heavy atom. The number of carbonyl (C=O) groups excluding carboxylic acids is 3. The van der Waals surface area contributed by atoms with Gasteiger partial charge in [0, 0.05) is 7.05 Å². The molecule has 0 aromatic rings. The van der Waals surface area contributed by atoms with Gasteiger partial charge in [-0.1, -0.05) is 33.4 Å². The van der Waals surface area contributed by atoms with Gasteiger partial charge in [0.2, 0.25) is 11.8 Å². The van der Waals surface area contributed by atoms with Crippen LogP contribution in [0.1, 0.15) is 27.2 Å². The summed E-state index contributed by atoms with van der Waals surface area (Å²) in [5.41, 5.74) is 5.11. The van der Waals surface area contributed by atoms with E-state index in [2.05, 4.69) is 17.2 Å². The van der Waals surface area contributed by atoms with Crippen molar-refractivity contribution >= 4 is 17.8 Å². The van der Waals surface area contributed by atoms with Gasteiger partial charge in [0.05, 0.1) is 6.42 Å². The highest BCUT2D eigenvalue weighted by Gasteiger charge is 2.32. The predicted octanol–water partition coefficient (Wildman–Crippen LogP) is -0.290. The van der Waals surface area contributed by atoms with Crippen LogP contribution in [0.4, 0.5) is 0 Å². The van der Waals surface area contributed by atoms with Gasteiger partial charge in [0.15, 0.2) is 0 Å². The van der Waals surface area contributed by atoms with E-state index in [-0.39, 0.29) is 18.9 Å². The van der Waals surface area contributed by atoms with Gasteiger partial charge in [-0.2, -0.15) is 0 Å². The zero-order valence-electron chi connectivity index (χ0n) is 13.1. The topological polar surface area (TPSA) is 111 Å². The van der Waals surface area contributed by atoms with Gasteiger partial charge < -0.3 is 21.1 Å². The highest BCUT2D eigenvalue weighted by Crippen LogP contribution is 2.19. The monoisotopic (exact) mass is 299 g/mol. The van der Waals surface area contributed by atoms with Crippen LogP contribution in [0, 0.1) is 5.41 Å². The molecule has 0 aliphatic rings. The Bertz CT molecular complexity index is 402. The molecule has 0 fully saturated rings. The second kappa shape index (κ2) is 8.41. The quantitative estimate of drug-likeness (QED) is 0.442. The molecule has 0 aromatic heterocycles. The summed E-state index contributed by atoms with van der Waals surface area (Å²) in [6.45, 7) is 8.92. The summed E-state index contributed by atoms with van der Waals surface area (Å²) < 4.78 is 4.75. The molecule has 0 heterocycles. The Hall–Kier alpha value is -1.89. The van der Waals surface area contributed by atoms with Gasteiger partial charge in [-0.05, 0) is 5.41 Å². The van der Waals surface area contributed by atoms with Crippen molar-refractivity contribution in [3.63, 3.8) is 0 Å². The molecule has 0 saturated heterocycles. The van der Waals surface area contributed by atoms with E-state index in [4.69, 9.17) is 10.5 Å². The van der Waals surface area contributed by atoms with Crippen LogP contribution in [0.5, 0.6) is 0 Å². The summed E-state index contributed by atoms with van der Waals surface area (Å²) in [7, 11) is 1.49. The maximum absolute atomic E-state index is 11.9. The van der Waals surface area contributed by atoms with Crippen molar-refractivity contribution in [1.82, 2.24) is 10.6 Å². The van der Waals surface area contributed by atoms with E-state index >= 15 is 0 Å². The Morgan fingerprint density at radius 2 is 1.90 bits per heavy atom. The number of likely N-dealkylation sites (N-methyl/N-ethyl adjacent to an activating group) is 1. The minimum atomic E-state index is -1.07. The Kier molecular flexibility index (Phi) is 7.65. The number of hydrogen-bond donors (Lipinski definition) is 3. The van der Waals surface area contributed by atoms with Crippen molar-refractivity contribution in [3.8, 4) is 0 Å². The molecule has 0 bridgehead atoms. The molecule has 7 nitrogen and oxygen atoms in total. The van der Waals surface area contributed by atoms with E-state index in [1.807, 2.05) is 20.8 Å². The molecule has 0 rings (SSSR count). The average Bonchev–Trinajstić information content (AvgIpc) is 2.39. The van der Waals surface area contributed by atoms with E-state index in [0.29, 0.717) is 0 Å². The third-order valence-electron chi connectivity index (χ3n) is 2.73. The number of esters is 1. The van der Waals surface area contributed by atoms with Crippen molar-refractivity contribution in [2.45, 2.75) is 39.3 Å². The number of rotatable bonds is 7. The third kappa shape index (κ3) is 6.89. The van der Waals surface area contributed by atoms with Crippen LogP contribution in [0.3, 0.4) is 0 Å². The van der Waals surface area contributed by atoms with Crippen LogP contribution >= 0.6 is 0 Å². The van der Waals surface area contributed by atoms with Crippen molar-refractivity contribution in [1.29, 1.82) is 0 Å². The van der Waals surface area contributed by atoms with Crippen molar-refractivity contribution < 1.29 is 19.1 Å². The summed E-state index contributed by atoms with van der Waals surface area (Å²) >= 11 is 0. The molecule has 0 aliphatic heterocycles. The minimum Gasteiger partial charge on any atom is -0.460 e. The highest BCUT2D eigenvalue weighted by atomic mass is 16.5. The zero-order chi connectivity index (χ0) is 16.6. The van der Waals surface area contributed by atoms with Crippen LogP contribution in [0.15, 0.2) is 12.7 Å². The molecule has 21 heavy (non-hydrogen) atoms. The van der Waals surface area contributed by atoms with E-state index in [9.17, 15) is 14.4 Å². The summed E-state index contributed by atoms with van der Waals surface area (Å²) in [5, 5.41) is 5.08. The average molecular weight is 299 g/mol. The van der Waals surface area contributed by atoms with Gasteiger partial charge >= 0.3 is 5.97 Å². The molecule has 7 heteroatoms. The molecule has 0 radical (unpaired) electrons. The molecule has 0 spiro atoms. The third-order valence-corrected chi connectivity index (χ3v) is 2.73. The maximum atomic E-state index is 11.9. The number of carbonyl (C=O) groups is 3. The Labute approximate surface area is 125 Å². The van der Waals surface area contributed by atoms with Gasteiger partial charge in [0.1, 0.15) is 18.7 Å². The first-order chi connectivity index (χ1) is 9.63. The van der Waals surface area contributed by atoms with Crippen LogP contribution in [0.25, 0.3) is 0 Å². The summed E-state index contributed by atoms with van der Waals surface area (Å²) in [5.74, 6) is -1.47. The number of hydrogen-bond acceptors (Lipinski definition) is 5. The molecule has 4 N–H and O–H groups in total. The summed E-state index contributed by atoms with van der Waals surface area (Å²) in [6, 6.07) is -1.79. The van der Waals surface area contributed by atoms with E-state index in [0.717, 1.165) is 0 Å². The van der Waals surface area contributed by atoms with Gasteiger partial charge in [-0.25, -0.2) is 0 Å². The second-order valence-electron chi connectivity index (χ2n) is 5.71. The lowest BCUT2D eigenvalue weighted by molar-refractivity contribution is -0.145.